The molecular weight excluding hydrogens is 362 g/mol. The molecule has 1 aliphatic rings. The molecule has 1 amide bonds. The summed E-state index contributed by atoms with van der Waals surface area (Å²) in [7, 11) is -3.50. The number of sulfonamides is 1. The molecule has 25 heavy (non-hydrogen) atoms. The number of halogens is 1. The van der Waals surface area contributed by atoms with Crippen molar-refractivity contribution in [3.8, 4) is 0 Å². The molecule has 1 aliphatic heterocycles. The van der Waals surface area contributed by atoms with Crippen LogP contribution in [0, 0.1) is 0 Å². The van der Waals surface area contributed by atoms with Crippen LogP contribution in [0.25, 0.3) is 0 Å². The number of amides is 1. The van der Waals surface area contributed by atoms with Crippen LogP contribution in [0.3, 0.4) is 0 Å². The summed E-state index contributed by atoms with van der Waals surface area (Å²) >= 11 is 0. The van der Waals surface area contributed by atoms with E-state index in [0.29, 0.717) is 18.7 Å². The highest BCUT2D eigenvalue weighted by Gasteiger charge is 2.23. The molecule has 0 saturated carbocycles. The standard InChI is InChI=1S/C17H27N3O3S.ClH/c1-3-11-20(12-4-2)24(22,23)16-7-5-14(6-8-16)17(21)19-15-9-10-18-13-15;/h5-8,15,18H,3-4,9-13H2,1-2H3,(H,19,21);1H. The normalized spacial score (nSPS) is 17.3. The van der Waals surface area contributed by atoms with E-state index in [0.717, 1.165) is 32.4 Å². The van der Waals surface area contributed by atoms with E-state index in [9.17, 15) is 13.2 Å². The topological polar surface area (TPSA) is 78.5 Å². The fraction of sp³-hybridized carbons (Fsp3) is 0.588. The monoisotopic (exact) mass is 389 g/mol. The van der Waals surface area contributed by atoms with Crippen molar-refractivity contribution in [2.45, 2.75) is 44.0 Å². The van der Waals surface area contributed by atoms with Crippen molar-refractivity contribution in [2.75, 3.05) is 26.2 Å². The summed E-state index contributed by atoms with van der Waals surface area (Å²) in [5.74, 6) is -0.161. The summed E-state index contributed by atoms with van der Waals surface area (Å²) in [5, 5.41) is 6.15. The maximum Gasteiger partial charge on any atom is 0.251 e. The Bertz CT molecular complexity index is 638. The predicted molar refractivity (Wildman–Crippen MR) is 102 cm³/mol. The first-order valence-electron chi connectivity index (χ1n) is 8.60. The smallest absolute Gasteiger partial charge is 0.251 e. The summed E-state index contributed by atoms with van der Waals surface area (Å²) in [4.78, 5) is 12.4. The van der Waals surface area contributed by atoms with Gasteiger partial charge in [0.1, 0.15) is 0 Å². The zero-order valence-electron chi connectivity index (χ0n) is 14.8. The van der Waals surface area contributed by atoms with E-state index in [-0.39, 0.29) is 29.3 Å². The Morgan fingerprint density at radius 3 is 2.28 bits per heavy atom. The van der Waals surface area contributed by atoms with E-state index in [1.807, 2.05) is 13.8 Å². The zero-order chi connectivity index (χ0) is 17.6. The van der Waals surface area contributed by atoms with Crippen LogP contribution in [-0.4, -0.2) is 50.9 Å². The number of hydrogen-bond donors (Lipinski definition) is 2. The van der Waals surface area contributed by atoms with E-state index in [1.54, 1.807) is 12.1 Å². The molecule has 0 radical (unpaired) electrons. The van der Waals surface area contributed by atoms with Gasteiger partial charge in [0.05, 0.1) is 4.90 Å². The Morgan fingerprint density at radius 2 is 1.80 bits per heavy atom. The highest BCUT2D eigenvalue weighted by atomic mass is 35.5. The molecule has 1 heterocycles. The number of carbonyl (C=O) groups is 1. The molecule has 1 atom stereocenters. The van der Waals surface area contributed by atoms with Gasteiger partial charge in [-0.25, -0.2) is 8.42 Å². The van der Waals surface area contributed by atoms with Gasteiger partial charge in [-0.05, 0) is 50.1 Å². The molecule has 142 valence electrons. The molecule has 1 fully saturated rings. The molecule has 0 spiro atoms. The molecule has 8 heteroatoms. The van der Waals surface area contributed by atoms with Gasteiger partial charge >= 0.3 is 0 Å². The number of nitrogens with zero attached hydrogens (tertiary/aromatic N) is 1. The van der Waals surface area contributed by atoms with Crippen molar-refractivity contribution in [1.29, 1.82) is 0 Å². The Morgan fingerprint density at radius 1 is 1.20 bits per heavy atom. The lowest BCUT2D eigenvalue weighted by Gasteiger charge is -2.21. The molecule has 1 unspecified atom stereocenters. The molecule has 0 aliphatic carbocycles. The Kier molecular flexibility index (Phi) is 8.85. The zero-order valence-corrected chi connectivity index (χ0v) is 16.5. The van der Waals surface area contributed by atoms with Crippen LogP contribution >= 0.6 is 12.4 Å². The first kappa shape index (κ1) is 21.9. The van der Waals surface area contributed by atoms with Crippen molar-refractivity contribution in [1.82, 2.24) is 14.9 Å². The second kappa shape index (κ2) is 10.1. The van der Waals surface area contributed by atoms with Crippen LogP contribution in [-0.2, 0) is 10.0 Å². The summed E-state index contributed by atoms with van der Waals surface area (Å²) in [6, 6.07) is 6.36. The molecule has 2 rings (SSSR count). The predicted octanol–water partition coefficient (Wildman–Crippen LogP) is 2.01. The van der Waals surface area contributed by atoms with Crippen molar-refractivity contribution in [2.24, 2.45) is 0 Å². The van der Waals surface area contributed by atoms with Gasteiger partial charge in [0, 0.05) is 31.2 Å². The Labute approximate surface area is 156 Å². The molecule has 6 nitrogen and oxygen atoms in total. The van der Waals surface area contributed by atoms with Crippen molar-refractivity contribution >= 4 is 28.3 Å². The van der Waals surface area contributed by atoms with Crippen molar-refractivity contribution < 1.29 is 13.2 Å². The number of hydrogen-bond acceptors (Lipinski definition) is 4. The number of carbonyl (C=O) groups excluding carboxylic acids is 1. The number of rotatable bonds is 8. The maximum atomic E-state index is 12.7. The third-order valence-electron chi connectivity index (χ3n) is 4.10. The van der Waals surface area contributed by atoms with Gasteiger partial charge in [0.25, 0.3) is 5.91 Å². The molecule has 0 bridgehead atoms. The van der Waals surface area contributed by atoms with Crippen LogP contribution < -0.4 is 10.6 Å². The lowest BCUT2D eigenvalue weighted by molar-refractivity contribution is 0.0940. The minimum atomic E-state index is -3.50. The van der Waals surface area contributed by atoms with Gasteiger partial charge in [0.2, 0.25) is 10.0 Å². The fourth-order valence-electron chi connectivity index (χ4n) is 2.82. The summed E-state index contributed by atoms with van der Waals surface area (Å²) < 4.78 is 26.9. The summed E-state index contributed by atoms with van der Waals surface area (Å²) in [6.45, 7) is 6.63. The Hall–Kier alpha value is -1.15. The van der Waals surface area contributed by atoms with Crippen LogP contribution in [0.2, 0.25) is 0 Å². The highest BCUT2D eigenvalue weighted by molar-refractivity contribution is 7.89. The van der Waals surface area contributed by atoms with E-state index >= 15 is 0 Å². The second-order valence-corrected chi connectivity index (χ2v) is 8.03. The first-order chi connectivity index (χ1) is 11.5. The van der Waals surface area contributed by atoms with Crippen molar-refractivity contribution in [3.63, 3.8) is 0 Å². The minimum Gasteiger partial charge on any atom is -0.348 e. The SMILES string of the molecule is CCCN(CCC)S(=O)(=O)c1ccc(C(=O)NC2CCNC2)cc1.Cl. The van der Waals surface area contributed by atoms with E-state index in [1.165, 1.54) is 16.4 Å². The average Bonchev–Trinajstić information content (AvgIpc) is 3.07. The van der Waals surface area contributed by atoms with Gasteiger partial charge in [-0.15, -0.1) is 12.4 Å². The Balaban J connectivity index is 0.00000312. The molecule has 0 aromatic heterocycles. The van der Waals surface area contributed by atoms with Gasteiger partial charge in [-0.1, -0.05) is 13.8 Å². The van der Waals surface area contributed by atoms with Crippen LogP contribution in [0.1, 0.15) is 43.5 Å². The van der Waals surface area contributed by atoms with Crippen LogP contribution in [0.15, 0.2) is 29.2 Å². The average molecular weight is 390 g/mol. The summed E-state index contributed by atoms with van der Waals surface area (Å²) in [6.07, 6.45) is 2.46. The molecule has 2 N–H and O–H groups in total. The quantitative estimate of drug-likeness (QED) is 0.712. The maximum absolute atomic E-state index is 12.7. The number of benzene rings is 1. The fourth-order valence-corrected chi connectivity index (χ4v) is 4.45. The lowest BCUT2D eigenvalue weighted by atomic mass is 10.2. The molecule has 1 aromatic carbocycles. The number of nitrogens with one attached hydrogen (secondary N) is 2. The third kappa shape index (κ3) is 5.67. The second-order valence-electron chi connectivity index (χ2n) is 6.09. The molecular formula is C17H28ClN3O3S. The van der Waals surface area contributed by atoms with Gasteiger partial charge < -0.3 is 10.6 Å². The van der Waals surface area contributed by atoms with Gasteiger partial charge in [-0.3, -0.25) is 4.79 Å². The lowest BCUT2D eigenvalue weighted by Crippen LogP contribution is -2.36. The van der Waals surface area contributed by atoms with Gasteiger partial charge in [-0.2, -0.15) is 4.31 Å². The van der Waals surface area contributed by atoms with Crippen LogP contribution in [0.5, 0.6) is 0 Å². The molecule has 1 aromatic rings. The van der Waals surface area contributed by atoms with E-state index in [4.69, 9.17) is 0 Å². The first-order valence-corrected chi connectivity index (χ1v) is 10.0. The third-order valence-corrected chi connectivity index (χ3v) is 6.01. The highest BCUT2D eigenvalue weighted by Crippen LogP contribution is 2.17. The van der Waals surface area contributed by atoms with Crippen LogP contribution in [0.4, 0.5) is 0 Å². The van der Waals surface area contributed by atoms with Gasteiger partial charge in [0.15, 0.2) is 0 Å². The molecule has 1 saturated heterocycles. The minimum absolute atomic E-state index is 0. The largest absolute Gasteiger partial charge is 0.348 e. The summed E-state index contributed by atoms with van der Waals surface area (Å²) in [5.41, 5.74) is 0.485. The van der Waals surface area contributed by atoms with Crippen molar-refractivity contribution in [3.05, 3.63) is 29.8 Å². The van der Waals surface area contributed by atoms with E-state index in [2.05, 4.69) is 10.6 Å². The van der Waals surface area contributed by atoms with E-state index < -0.39 is 10.0 Å².